The second-order valence-electron chi connectivity index (χ2n) is 5.41. The quantitative estimate of drug-likeness (QED) is 0.562. The van der Waals surface area contributed by atoms with Gasteiger partial charge in [0.15, 0.2) is 10.3 Å². The minimum atomic E-state index is -0.165. The van der Waals surface area contributed by atoms with Gasteiger partial charge in [0.2, 0.25) is 11.8 Å². The topological polar surface area (TPSA) is 102 Å². The number of carbonyl (C=O) groups is 2. The molecular weight excluding hydrogens is 384 g/mol. The average molecular weight is 403 g/mol. The highest BCUT2D eigenvalue weighted by molar-refractivity contribution is 7.99. The molecule has 0 atom stereocenters. The van der Waals surface area contributed by atoms with Crippen LogP contribution in [-0.4, -0.2) is 37.3 Å². The second-order valence-corrected chi connectivity index (χ2v) is 7.25. The Kier molecular flexibility index (Phi) is 6.55. The minimum absolute atomic E-state index is 0.113. The van der Waals surface area contributed by atoms with Crippen molar-refractivity contribution in [2.24, 2.45) is 0 Å². The molecule has 2 N–H and O–H groups in total. The van der Waals surface area contributed by atoms with Gasteiger partial charge in [-0.05, 0) is 19.1 Å². The van der Waals surface area contributed by atoms with Crippen LogP contribution >= 0.6 is 23.1 Å². The molecule has 0 unspecified atom stereocenters. The van der Waals surface area contributed by atoms with Crippen molar-refractivity contribution in [2.75, 3.05) is 16.4 Å². The van der Waals surface area contributed by atoms with E-state index in [0.717, 1.165) is 5.69 Å². The summed E-state index contributed by atoms with van der Waals surface area (Å²) in [6, 6.07) is 9.25. The zero-order valence-corrected chi connectivity index (χ0v) is 16.2. The Hall–Kier alpha value is -2.72. The van der Waals surface area contributed by atoms with Gasteiger partial charge >= 0.3 is 0 Å². The van der Waals surface area contributed by atoms with Crippen molar-refractivity contribution < 1.29 is 9.59 Å². The number of benzene rings is 1. The molecule has 0 spiro atoms. The van der Waals surface area contributed by atoms with Crippen LogP contribution < -0.4 is 10.6 Å². The lowest BCUT2D eigenvalue weighted by Crippen LogP contribution is -2.18. The maximum Gasteiger partial charge on any atom is 0.236 e. The smallest absolute Gasteiger partial charge is 0.236 e. The molecule has 10 heteroatoms. The monoisotopic (exact) mass is 402 g/mol. The second kappa shape index (κ2) is 9.28. The summed E-state index contributed by atoms with van der Waals surface area (Å²) in [4.78, 5) is 28.2. The van der Waals surface area contributed by atoms with Crippen LogP contribution in [0.3, 0.4) is 0 Å². The first-order valence-corrected chi connectivity index (χ1v) is 10.1. The number of aromatic nitrogens is 4. The third-order valence-electron chi connectivity index (χ3n) is 3.50. The van der Waals surface area contributed by atoms with E-state index in [1.807, 2.05) is 41.8 Å². The third kappa shape index (κ3) is 5.38. The van der Waals surface area contributed by atoms with Crippen LogP contribution in [0.2, 0.25) is 0 Å². The summed E-state index contributed by atoms with van der Waals surface area (Å²) in [6.45, 7) is 2.55. The molecule has 27 heavy (non-hydrogen) atoms. The molecule has 0 radical (unpaired) electrons. The predicted octanol–water partition coefficient (Wildman–Crippen LogP) is 2.67. The van der Waals surface area contributed by atoms with Crippen molar-refractivity contribution >= 4 is 45.7 Å². The summed E-state index contributed by atoms with van der Waals surface area (Å²) < 4.78 is 1.84. The highest BCUT2D eigenvalue weighted by Gasteiger charge is 2.16. The Morgan fingerprint density at radius 3 is 2.67 bits per heavy atom. The van der Waals surface area contributed by atoms with Gasteiger partial charge in [0.05, 0.1) is 12.2 Å². The van der Waals surface area contributed by atoms with Crippen LogP contribution in [0.1, 0.15) is 12.7 Å². The zero-order chi connectivity index (χ0) is 19.1. The first kappa shape index (κ1) is 19.1. The average Bonchev–Trinajstić information content (AvgIpc) is 3.30. The fourth-order valence-corrected chi connectivity index (χ4v) is 3.68. The Balaban J connectivity index is 1.57. The Labute approximate surface area is 164 Å². The van der Waals surface area contributed by atoms with E-state index in [1.54, 1.807) is 11.6 Å². The molecule has 3 rings (SSSR count). The molecule has 140 valence electrons. The minimum Gasteiger partial charge on any atom is -0.326 e. The van der Waals surface area contributed by atoms with Crippen molar-refractivity contribution in [3.63, 3.8) is 0 Å². The first-order chi connectivity index (χ1) is 13.2. The van der Waals surface area contributed by atoms with Gasteiger partial charge in [-0.15, -0.1) is 21.5 Å². The number of nitrogens with one attached hydrogen (secondary N) is 2. The van der Waals surface area contributed by atoms with E-state index >= 15 is 0 Å². The molecule has 2 heterocycles. The molecular formula is C17H18N6O2S2. The number of nitrogens with zero attached hydrogens (tertiary/aromatic N) is 4. The molecule has 0 aliphatic heterocycles. The van der Waals surface area contributed by atoms with Crippen molar-refractivity contribution in [3.05, 3.63) is 47.7 Å². The first-order valence-electron chi connectivity index (χ1n) is 8.25. The number of hydrogen-bond acceptors (Lipinski definition) is 7. The lowest BCUT2D eigenvalue weighted by atomic mass is 10.3. The molecule has 0 bridgehead atoms. The molecule has 1 aromatic carbocycles. The summed E-state index contributed by atoms with van der Waals surface area (Å²) in [7, 11) is 0. The van der Waals surface area contributed by atoms with Gasteiger partial charge in [-0.2, -0.15) is 0 Å². The van der Waals surface area contributed by atoms with Gasteiger partial charge < -0.3 is 15.2 Å². The Morgan fingerprint density at radius 2 is 1.96 bits per heavy atom. The summed E-state index contributed by atoms with van der Waals surface area (Å²) in [6.07, 6.45) is 1.75. The number of amides is 2. The standard InChI is InChI=1S/C17H18N6O2S2/c1-2-23-13(10-14(24)19-12-6-4-3-5-7-12)21-22-17(23)27-11-15(25)20-16-18-8-9-26-16/h3-9H,2,10-11H2,1H3,(H,19,24)(H,18,20,25). The fourth-order valence-electron chi connectivity index (χ4n) is 2.32. The van der Waals surface area contributed by atoms with Gasteiger partial charge in [-0.1, -0.05) is 30.0 Å². The van der Waals surface area contributed by atoms with Crippen LogP contribution in [0.25, 0.3) is 0 Å². The number of hydrogen-bond donors (Lipinski definition) is 2. The largest absolute Gasteiger partial charge is 0.326 e. The number of para-hydroxylation sites is 1. The SMILES string of the molecule is CCn1c(CC(=O)Nc2ccccc2)nnc1SCC(=O)Nc1nccs1. The van der Waals surface area contributed by atoms with Crippen molar-refractivity contribution in [1.29, 1.82) is 0 Å². The van der Waals surface area contributed by atoms with Crippen molar-refractivity contribution in [2.45, 2.75) is 25.0 Å². The molecule has 0 aliphatic carbocycles. The van der Waals surface area contributed by atoms with E-state index in [-0.39, 0.29) is 24.0 Å². The maximum atomic E-state index is 12.2. The van der Waals surface area contributed by atoms with E-state index in [2.05, 4.69) is 25.8 Å². The number of thioether (sulfide) groups is 1. The molecule has 0 aliphatic rings. The number of anilines is 2. The van der Waals surface area contributed by atoms with E-state index in [0.29, 0.717) is 22.7 Å². The van der Waals surface area contributed by atoms with E-state index < -0.39 is 0 Å². The van der Waals surface area contributed by atoms with Crippen LogP contribution in [0.5, 0.6) is 0 Å². The van der Waals surface area contributed by atoms with Gasteiger partial charge in [-0.25, -0.2) is 4.98 Å². The summed E-state index contributed by atoms with van der Waals surface area (Å²) >= 11 is 2.64. The Bertz CT molecular complexity index is 896. The van der Waals surface area contributed by atoms with Crippen LogP contribution in [0.15, 0.2) is 47.1 Å². The molecule has 0 fully saturated rings. The van der Waals surface area contributed by atoms with Crippen LogP contribution in [-0.2, 0) is 22.6 Å². The van der Waals surface area contributed by atoms with Gasteiger partial charge in [0, 0.05) is 23.8 Å². The molecule has 8 nitrogen and oxygen atoms in total. The van der Waals surface area contributed by atoms with Crippen LogP contribution in [0.4, 0.5) is 10.8 Å². The number of carbonyl (C=O) groups excluding carboxylic acids is 2. The zero-order valence-electron chi connectivity index (χ0n) is 14.6. The highest BCUT2D eigenvalue weighted by Crippen LogP contribution is 2.19. The van der Waals surface area contributed by atoms with E-state index in [9.17, 15) is 9.59 Å². The van der Waals surface area contributed by atoms with Crippen molar-refractivity contribution in [3.8, 4) is 0 Å². The molecule has 0 saturated carbocycles. The fraction of sp³-hybridized carbons (Fsp3) is 0.235. The Morgan fingerprint density at radius 1 is 1.15 bits per heavy atom. The van der Waals surface area contributed by atoms with Gasteiger partial charge in [0.25, 0.3) is 0 Å². The predicted molar refractivity (Wildman–Crippen MR) is 106 cm³/mol. The highest BCUT2D eigenvalue weighted by atomic mass is 32.2. The molecule has 3 aromatic rings. The number of rotatable bonds is 8. The molecule has 0 saturated heterocycles. The van der Waals surface area contributed by atoms with E-state index in [1.165, 1.54) is 23.1 Å². The lowest BCUT2D eigenvalue weighted by Gasteiger charge is -2.08. The van der Waals surface area contributed by atoms with Crippen LogP contribution in [0, 0.1) is 0 Å². The summed E-state index contributed by atoms with van der Waals surface area (Å²) in [5.41, 5.74) is 0.735. The molecule has 2 amide bonds. The lowest BCUT2D eigenvalue weighted by molar-refractivity contribution is -0.116. The third-order valence-corrected chi connectivity index (χ3v) is 5.15. The maximum absolute atomic E-state index is 12.2. The van der Waals surface area contributed by atoms with E-state index in [4.69, 9.17) is 0 Å². The molecule has 2 aromatic heterocycles. The van der Waals surface area contributed by atoms with Crippen molar-refractivity contribution in [1.82, 2.24) is 19.7 Å². The summed E-state index contributed by atoms with van der Waals surface area (Å²) in [5.74, 6) is 0.424. The summed E-state index contributed by atoms with van der Waals surface area (Å²) in [5, 5.41) is 16.7. The normalized spacial score (nSPS) is 10.6. The number of thiazole rings is 1. The van der Waals surface area contributed by atoms with Gasteiger partial charge in [0.1, 0.15) is 5.82 Å². The van der Waals surface area contributed by atoms with Gasteiger partial charge in [-0.3, -0.25) is 9.59 Å².